The smallest absolute Gasteiger partial charge is 0.246 e. The van der Waals surface area contributed by atoms with Gasteiger partial charge in [0.1, 0.15) is 0 Å². The molecule has 196 valence electrons. The number of piperidine rings is 1. The van der Waals surface area contributed by atoms with Gasteiger partial charge in [-0.05, 0) is 70.7 Å². The van der Waals surface area contributed by atoms with Crippen molar-refractivity contribution in [2.45, 2.75) is 75.0 Å². The molecular weight excluding hydrogens is 486 g/mol. The first kappa shape index (κ1) is 27.2. The van der Waals surface area contributed by atoms with Crippen molar-refractivity contribution in [2.75, 3.05) is 0 Å². The molecule has 1 aliphatic heterocycles. The van der Waals surface area contributed by atoms with Crippen molar-refractivity contribution in [3.05, 3.63) is 90.0 Å². The number of carbonyl (C=O) groups excluding carboxylic acids is 1. The van der Waals surface area contributed by atoms with Crippen molar-refractivity contribution in [1.29, 1.82) is 0 Å². The van der Waals surface area contributed by atoms with Gasteiger partial charge in [0.2, 0.25) is 21.1 Å². The Labute approximate surface area is 219 Å². The molecule has 1 saturated heterocycles. The fourth-order valence-corrected chi connectivity index (χ4v) is 6.66. The van der Waals surface area contributed by atoms with Gasteiger partial charge in [0.25, 0.3) is 0 Å². The zero-order valence-electron chi connectivity index (χ0n) is 22.0. The van der Waals surface area contributed by atoms with Crippen molar-refractivity contribution >= 4 is 15.6 Å². The molecule has 1 atom stereocenters. The Kier molecular flexibility index (Phi) is 7.45. The van der Waals surface area contributed by atoms with Crippen LogP contribution in [0.3, 0.4) is 0 Å². The summed E-state index contributed by atoms with van der Waals surface area (Å²) >= 11 is 0. The maximum absolute atomic E-state index is 13.9. The summed E-state index contributed by atoms with van der Waals surface area (Å²) in [6, 6.07) is 23.1. The molecular formula is C30H35NO5S. The van der Waals surface area contributed by atoms with E-state index in [0.717, 1.165) is 16.7 Å². The highest BCUT2D eigenvalue weighted by Gasteiger charge is 2.50. The number of carbonyl (C=O) groups is 1. The fourth-order valence-electron chi connectivity index (χ4n) is 5.28. The highest BCUT2D eigenvalue weighted by molar-refractivity contribution is 7.92. The SMILES string of the molecule is Cc1ccc(S(=O)(=O)C(ON2C(C)(C)CC(O)CC2(C)C)C(=O)c2ccc(-c3ccccc3)cc2)cc1. The molecule has 0 aromatic heterocycles. The van der Waals surface area contributed by atoms with Gasteiger partial charge in [0.05, 0.1) is 11.0 Å². The van der Waals surface area contributed by atoms with Gasteiger partial charge in [-0.25, -0.2) is 8.42 Å². The maximum Gasteiger partial charge on any atom is 0.246 e. The lowest BCUT2D eigenvalue weighted by molar-refractivity contribution is -0.292. The van der Waals surface area contributed by atoms with E-state index in [2.05, 4.69) is 0 Å². The van der Waals surface area contributed by atoms with E-state index >= 15 is 0 Å². The van der Waals surface area contributed by atoms with Crippen LogP contribution < -0.4 is 0 Å². The Morgan fingerprint density at radius 2 is 1.38 bits per heavy atom. The number of nitrogens with zero attached hydrogens (tertiary/aromatic N) is 1. The van der Waals surface area contributed by atoms with Gasteiger partial charge in [-0.2, -0.15) is 5.06 Å². The van der Waals surface area contributed by atoms with Crippen LogP contribution in [0.4, 0.5) is 0 Å². The first-order valence-electron chi connectivity index (χ1n) is 12.5. The van der Waals surface area contributed by atoms with Crippen LogP contribution in [-0.4, -0.2) is 47.0 Å². The zero-order chi connectivity index (χ0) is 27.0. The lowest BCUT2D eigenvalue weighted by atomic mass is 9.80. The van der Waals surface area contributed by atoms with E-state index in [-0.39, 0.29) is 10.5 Å². The van der Waals surface area contributed by atoms with Crippen molar-refractivity contribution < 1.29 is 23.2 Å². The average molecular weight is 522 g/mol. The molecule has 6 nitrogen and oxygen atoms in total. The summed E-state index contributed by atoms with van der Waals surface area (Å²) in [7, 11) is -4.22. The van der Waals surface area contributed by atoms with Crippen molar-refractivity contribution in [3.8, 4) is 11.1 Å². The summed E-state index contributed by atoms with van der Waals surface area (Å²) in [5, 5.41) is 12.0. The largest absolute Gasteiger partial charge is 0.393 e. The second-order valence-corrected chi connectivity index (χ2v) is 13.1. The van der Waals surface area contributed by atoms with E-state index in [1.807, 2.05) is 77.1 Å². The molecule has 1 unspecified atom stereocenters. The summed E-state index contributed by atoms with van der Waals surface area (Å²) < 4.78 is 27.8. The standard InChI is InChI=1S/C30H35NO5S/c1-21-11-17-26(18-12-21)37(34,35)28(36-31-29(2,3)19-25(32)20-30(31,4)5)27(33)24-15-13-23(14-16-24)22-9-7-6-8-10-22/h6-18,25,28,32H,19-20H2,1-5H3. The topological polar surface area (TPSA) is 83.9 Å². The van der Waals surface area contributed by atoms with Crippen molar-refractivity contribution in [2.24, 2.45) is 0 Å². The molecule has 7 heteroatoms. The lowest BCUT2D eigenvalue weighted by Gasteiger charge is -2.53. The summed E-state index contributed by atoms with van der Waals surface area (Å²) in [6.45, 7) is 9.39. The molecule has 37 heavy (non-hydrogen) atoms. The third-order valence-electron chi connectivity index (χ3n) is 6.89. The number of sulfone groups is 1. The number of aliphatic hydroxyl groups is 1. The Balaban J connectivity index is 1.75. The Hall–Kier alpha value is -2.84. The van der Waals surface area contributed by atoms with Gasteiger partial charge in [-0.1, -0.05) is 72.3 Å². The van der Waals surface area contributed by atoms with Crippen LogP contribution in [-0.2, 0) is 14.7 Å². The van der Waals surface area contributed by atoms with Crippen molar-refractivity contribution in [1.82, 2.24) is 5.06 Å². The number of hydrogen-bond donors (Lipinski definition) is 1. The van der Waals surface area contributed by atoms with Crippen LogP contribution >= 0.6 is 0 Å². The number of benzene rings is 3. The minimum Gasteiger partial charge on any atom is -0.393 e. The summed E-state index contributed by atoms with van der Waals surface area (Å²) in [6.07, 6.45) is 0.208. The molecule has 0 spiro atoms. The van der Waals surface area contributed by atoms with Gasteiger partial charge in [0.15, 0.2) is 0 Å². The van der Waals surface area contributed by atoms with E-state index in [0.29, 0.717) is 12.8 Å². The van der Waals surface area contributed by atoms with Crippen LogP contribution in [0.15, 0.2) is 83.8 Å². The molecule has 0 amide bonds. The Morgan fingerprint density at radius 1 is 0.865 bits per heavy atom. The Bertz CT molecular complexity index is 1330. The molecule has 4 rings (SSSR count). The Morgan fingerprint density at radius 3 is 1.92 bits per heavy atom. The van der Waals surface area contributed by atoms with E-state index < -0.39 is 38.2 Å². The van der Waals surface area contributed by atoms with Crippen molar-refractivity contribution in [3.63, 3.8) is 0 Å². The molecule has 1 N–H and O–H groups in total. The molecule has 1 heterocycles. The third-order valence-corrected chi connectivity index (χ3v) is 8.69. The number of rotatable bonds is 7. The van der Waals surface area contributed by atoms with Gasteiger partial charge in [-0.3, -0.25) is 9.63 Å². The number of Topliss-reactive ketones (excluding diaryl/α,β-unsaturated/α-hetero) is 1. The van der Waals surface area contributed by atoms with Crippen LogP contribution in [0, 0.1) is 6.92 Å². The summed E-state index contributed by atoms with van der Waals surface area (Å²) in [4.78, 5) is 20.1. The molecule has 3 aromatic rings. The number of hydrogen-bond acceptors (Lipinski definition) is 6. The van der Waals surface area contributed by atoms with Gasteiger partial charge >= 0.3 is 0 Å². The lowest BCUT2D eigenvalue weighted by Crippen LogP contribution is -2.63. The van der Waals surface area contributed by atoms with E-state index in [9.17, 15) is 18.3 Å². The van der Waals surface area contributed by atoms with Gasteiger partial charge < -0.3 is 5.11 Å². The van der Waals surface area contributed by atoms with E-state index in [4.69, 9.17) is 4.84 Å². The average Bonchev–Trinajstić information content (AvgIpc) is 2.83. The molecule has 0 saturated carbocycles. The molecule has 0 radical (unpaired) electrons. The first-order valence-corrected chi connectivity index (χ1v) is 14.0. The number of aryl methyl sites for hydroxylation is 1. The molecule has 3 aromatic carbocycles. The quantitative estimate of drug-likeness (QED) is 0.408. The summed E-state index contributed by atoms with van der Waals surface area (Å²) in [5.74, 6) is -0.641. The first-order chi connectivity index (χ1) is 17.3. The van der Waals surface area contributed by atoms with Crippen LogP contribution in [0.25, 0.3) is 11.1 Å². The third kappa shape index (κ3) is 5.70. The molecule has 0 bridgehead atoms. The highest BCUT2D eigenvalue weighted by Crippen LogP contribution is 2.40. The van der Waals surface area contributed by atoms with Gasteiger partial charge in [-0.15, -0.1) is 0 Å². The van der Waals surface area contributed by atoms with E-state index in [1.54, 1.807) is 29.3 Å². The second kappa shape index (κ2) is 10.1. The van der Waals surface area contributed by atoms with Gasteiger partial charge in [0, 0.05) is 16.6 Å². The summed E-state index contributed by atoms with van der Waals surface area (Å²) in [5.41, 5.74) is -0.134. The van der Waals surface area contributed by atoms with Crippen LogP contribution in [0.5, 0.6) is 0 Å². The minimum atomic E-state index is -4.22. The second-order valence-electron chi connectivity index (χ2n) is 11.1. The minimum absolute atomic E-state index is 0.0185. The number of hydroxylamine groups is 2. The van der Waals surface area contributed by atoms with Crippen LogP contribution in [0.2, 0.25) is 0 Å². The van der Waals surface area contributed by atoms with Crippen LogP contribution in [0.1, 0.15) is 56.5 Å². The zero-order valence-corrected chi connectivity index (χ0v) is 22.8. The molecule has 0 aliphatic carbocycles. The normalized spacial score (nSPS) is 18.9. The highest BCUT2D eigenvalue weighted by atomic mass is 32.2. The monoisotopic (exact) mass is 521 g/mol. The number of aliphatic hydroxyl groups excluding tert-OH is 1. The predicted octanol–water partition coefficient (Wildman–Crippen LogP) is 5.59. The predicted molar refractivity (Wildman–Crippen MR) is 145 cm³/mol. The molecule has 1 aliphatic rings. The maximum atomic E-state index is 13.9. The molecule has 1 fully saturated rings. The fraction of sp³-hybridized carbons (Fsp3) is 0.367. The number of ketones is 1. The van der Waals surface area contributed by atoms with E-state index in [1.165, 1.54) is 12.1 Å².